The average Bonchev–Trinajstić information content (AvgIpc) is 2.78. The zero-order chi connectivity index (χ0) is 23.1. The van der Waals surface area contributed by atoms with E-state index in [4.69, 9.17) is 22.1 Å². The predicted molar refractivity (Wildman–Crippen MR) is 124 cm³/mol. The van der Waals surface area contributed by atoms with Crippen molar-refractivity contribution in [3.05, 3.63) is 64.7 Å². The number of phenols is 1. The summed E-state index contributed by atoms with van der Waals surface area (Å²) in [7, 11) is 1.60. The molecule has 3 aromatic rings. The van der Waals surface area contributed by atoms with E-state index in [1.54, 1.807) is 49.6 Å². The smallest absolute Gasteiger partial charge is 0.255 e. The number of hydrogen-bond donors (Lipinski definition) is 4. The van der Waals surface area contributed by atoms with Crippen molar-refractivity contribution in [1.82, 2.24) is 10.3 Å². The summed E-state index contributed by atoms with van der Waals surface area (Å²) in [6.45, 7) is 0.314. The molecule has 5 N–H and O–H groups in total. The topological polar surface area (TPSA) is 110 Å². The molecule has 1 aromatic heterocycles. The Morgan fingerprint density at radius 1 is 1.22 bits per heavy atom. The number of nitrogens with two attached hydrogens (primary N) is 1. The Morgan fingerprint density at radius 2 is 2.03 bits per heavy atom. The minimum atomic E-state index is -0.680. The van der Waals surface area contributed by atoms with E-state index in [0.29, 0.717) is 52.8 Å². The summed E-state index contributed by atoms with van der Waals surface area (Å²) in [6.07, 6.45) is 0.680. The third-order valence-electron chi connectivity index (χ3n) is 4.74. The van der Waals surface area contributed by atoms with Gasteiger partial charge in [0, 0.05) is 47.8 Å². The minimum absolute atomic E-state index is 0.0129. The van der Waals surface area contributed by atoms with Crippen molar-refractivity contribution in [1.29, 1.82) is 0 Å². The number of nitrogens with one attached hydrogen (secondary N) is 2. The number of rotatable bonds is 9. The second-order valence-corrected chi connectivity index (χ2v) is 7.46. The highest BCUT2D eigenvalue weighted by Crippen LogP contribution is 2.33. The zero-order valence-corrected chi connectivity index (χ0v) is 18.2. The molecule has 3 rings (SSSR count). The number of nitrogens with zero attached hydrogens (tertiary/aromatic N) is 1. The molecule has 0 aliphatic rings. The van der Waals surface area contributed by atoms with Crippen molar-refractivity contribution >= 4 is 34.7 Å². The molecule has 0 unspecified atom stereocenters. The van der Waals surface area contributed by atoms with E-state index in [0.717, 1.165) is 0 Å². The van der Waals surface area contributed by atoms with Gasteiger partial charge >= 0.3 is 0 Å². The highest BCUT2D eigenvalue weighted by atomic mass is 35.5. The van der Waals surface area contributed by atoms with Crippen molar-refractivity contribution in [3.8, 4) is 17.0 Å². The summed E-state index contributed by atoms with van der Waals surface area (Å²) in [5.41, 5.74) is 8.62. The lowest BCUT2D eigenvalue weighted by Gasteiger charge is -2.13. The van der Waals surface area contributed by atoms with E-state index in [9.17, 15) is 14.3 Å². The Kier molecular flexibility index (Phi) is 7.86. The highest BCUT2D eigenvalue weighted by molar-refractivity contribution is 6.30. The van der Waals surface area contributed by atoms with Crippen LogP contribution in [-0.4, -0.2) is 36.3 Å². The molecule has 0 fully saturated rings. The van der Waals surface area contributed by atoms with Crippen LogP contribution in [0.2, 0.25) is 5.02 Å². The summed E-state index contributed by atoms with van der Waals surface area (Å²) in [5.74, 6) is -0.304. The van der Waals surface area contributed by atoms with Gasteiger partial charge in [0.05, 0.1) is 11.3 Å². The van der Waals surface area contributed by atoms with E-state index in [-0.39, 0.29) is 23.0 Å². The van der Waals surface area contributed by atoms with E-state index >= 15 is 0 Å². The van der Waals surface area contributed by atoms with Gasteiger partial charge in [0.25, 0.3) is 5.91 Å². The van der Waals surface area contributed by atoms with E-state index in [1.165, 1.54) is 6.07 Å². The number of aromatic nitrogens is 1. The first kappa shape index (κ1) is 23.3. The van der Waals surface area contributed by atoms with Gasteiger partial charge in [-0.15, -0.1) is 0 Å². The summed E-state index contributed by atoms with van der Waals surface area (Å²) in [4.78, 5) is 16.6. The first-order valence-electron chi connectivity index (χ1n) is 9.91. The number of hydrogen-bond acceptors (Lipinski definition) is 6. The van der Waals surface area contributed by atoms with Crippen molar-refractivity contribution in [2.24, 2.45) is 0 Å². The van der Waals surface area contributed by atoms with Crippen LogP contribution in [0.1, 0.15) is 22.3 Å². The Bertz CT molecular complexity index is 1110. The summed E-state index contributed by atoms with van der Waals surface area (Å²) < 4.78 is 18.3. The maximum Gasteiger partial charge on any atom is 0.255 e. The van der Waals surface area contributed by atoms with Crippen LogP contribution in [-0.2, 0) is 11.4 Å². The maximum absolute atomic E-state index is 13.3. The summed E-state index contributed by atoms with van der Waals surface area (Å²) in [5, 5.41) is 16.7. The van der Waals surface area contributed by atoms with Crippen molar-refractivity contribution in [2.75, 3.05) is 31.3 Å². The Morgan fingerprint density at radius 3 is 2.75 bits per heavy atom. The lowest BCUT2D eigenvalue weighted by molar-refractivity contribution is 0.0949. The van der Waals surface area contributed by atoms with Gasteiger partial charge in [-0.1, -0.05) is 11.6 Å². The number of carbonyl (C=O) groups excluding carboxylic acids is 1. The van der Waals surface area contributed by atoms with Crippen molar-refractivity contribution < 1.29 is 19.0 Å². The predicted octanol–water partition coefficient (Wildman–Crippen LogP) is 4.67. The van der Waals surface area contributed by atoms with Crippen LogP contribution in [0.5, 0.6) is 5.75 Å². The number of alkyl halides is 1. The van der Waals surface area contributed by atoms with E-state index in [2.05, 4.69) is 15.6 Å². The standard InChI is InChI=1S/C23H24ClFN4O3/c1-32-10-2-9-27-23(31)17-5-7-20(29-22(17)26)18-12-16(4-8-21(18)30)28-19-6-3-15(24)11-14(19)13-25/h3-8,11-12,28,30H,2,9-10,13H2,1H3,(H2,26,29)(H,27,31). The van der Waals surface area contributed by atoms with Crippen molar-refractivity contribution in [3.63, 3.8) is 0 Å². The number of methoxy groups -OCH3 is 1. The highest BCUT2D eigenvalue weighted by Gasteiger charge is 2.14. The molecule has 168 valence electrons. The van der Waals surface area contributed by atoms with Crippen LogP contribution in [0.3, 0.4) is 0 Å². The fourth-order valence-corrected chi connectivity index (χ4v) is 3.29. The number of benzene rings is 2. The first-order valence-corrected chi connectivity index (χ1v) is 10.3. The number of anilines is 3. The molecule has 0 atom stereocenters. The molecule has 0 saturated heterocycles. The monoisotopic (exact) mass is 458 g/mol. The van der Waals surface area contributed by atoms with Gasteiger partial charge in [-0.2, -0.15) is 0 Å². The maximum atomic E-state index is 13.3. The van der Waals surface area contributed by atoms with Gasteiger partial charge in [0.2, 0.25) is 0 Å². The third kappa shape index (κ3) is 5.66. The third-order valence-corrected chi connectivity index (χ3v) is 4.98. The molecule has 32 heavy (non-hydrogen) atoms. The number of carbonyl (C=O) groups is 1. The zero-order valence-electron chi connectivity index (χ0n) is 17.5. The van der Waals surface area contributed by atoms with Crippen LogP contribution >= 0.6 is 11.6 Å². The molecule has 0 aliphatic carbocycles. The fourth-order valence-electron chi connectivity index (χ4n) is 3.10. The quantitative estimate of drug-likeness (QED) is 0.274. The Hall–Kier alpha value is -3.36. The largest absolute Gasteiger partial charge is 0.507 e. The number of pyridine rings is 1. The molecule has 0 bridgehead atoms. The number of aromatic hydroxyl groups is 1. The van der Waals surface area contributed by atoms with Crippen molar-refractivity contribution in [2.45, 2.75) is 13.1 Å². The van der Waals surface area contributed by atoms with Crippen LogP contribution in [0, 0.1) is 0 Å². The number of phenolic OH excluding ortho intramolecular Hbond substituents is 1. The molecule has 2 aromatic carbocycles. The molecule has 1 heterocycles. The van der Waals surface area contributed by atoms with Gasteiger partial charge in [-0.05, 0) is 55.0 Å². The number of nitrogen functional groups attached to an aromatic ring is 1. The fraction of sp³-hybridized carbons (Fsp3) is 0.217. The lowest BCUT2D eigenvalue weighted by atomic mass is 10.1. The molecular weight excluding hydrogens is 435 g/mol. The number of amides is 1. The number of halogens is 2. The van der Waals surface area contributed by atoms with Gasteiger partial charge < -0.3 is 26.2 Å². The lowest BCUT2D eigenvalue weighted by Crippen LogP contribution is -2.26. The molecule has 0 spiro atoms. The SMILES string of the molecule is COCCCNC(=O)c1ccc(-c2cc(Nc3ccc(Cl)cc3CF)ccc2O)nc1N. The molecule has 0 saturated carbocycles. The minimum Gasteiger partial charge on any atom is -0.507 e. The van der Waals surface area contributed by atoms with Crippen LogP contribution < -0.4 is 16.4 Å². The molecule has 1 amide bonds. The molecule has 9 heteroatoms. The first-order chi connectivity index (χ1) is 15.4. The second-order valence-electron chi connectivity index (χ2n) is 7.02. The normalized spacial score (nSPS) is 10.7. The molecule has 0 radical (unpaired) electrons. The van der Waals surface area contributed by atoms with Crippen LogP contribution in [0.25, 0.3) is 11.3 Å². The van der Waals surface area contributed by atoms with Crippen LogP contribution in [0.15, 0.2) is 48.5 Å². The van der Waals surface area contributed by atoms with E-state index < -0.39 is 6.67 Å². The average molecular weight is 459 g/mol. The molecular formula is C23H24ClFN4O3. The second kappa shape index (κ2) is 10.8. The summed E-state index contributed by atoms with van der Waals surface area (Å²) >= 11 is 5.93. The molecule has 0 aliphatic heterocycles. The van der Waals surface area contributed by atoms with E-state index in [1.807, 2.05) is 0 Å². The van der Waals surface area contributed by atoms with Gasteiger partial charge in [0.1, 0.15) is 18.2 Å². The van der Waals surface area contributed by atoms with Crippen LogP contribution in [0.4, 0.5) is 21.6 Å². The van der Waals surface area contributed by atoms with Gasteiger partial charge in [-0.3, -0.25) is 4.79 Å². The Balaban J connectivity index is 1.82. The molecule has 7 nitrogen and oxygen atoms in total. The number of ether oxygens (including phenoxy) is 1. The summed E-state index contributed by atoms with van der Waals surface area (Å²) in [6, 6.07) is 12.9. The van der Waals surface area contributed by atoms with Gasteiger partial charge in [-0.25, -0.2) is 9.37 Å². The Labute approximate surface area is 190 Å². The van der Waals surface area contributed by atoms with Gasteiger partial charge in [0.15, 0.2) is 0 Å².